The fourth-order valence-electron chi connectivity index (χ4n) is 4.32. The molecule has 0 fully saturated rings. The lowest BCUT2D eigenvalue weighted by Crippen LogP contribution is -2.14. The van der Waals surface area contributed by atoms with Gasteiger partial charge in [-0.25, -0.2) is 4.79 Å². The number of fused-ring (bicyclic) bond motifs is 1. The van der Waals surface area contributed by atoms with Crippen molar-refractivity contribution in [2.45, 2.75) is 51.7 Å². The lowest BCUT2D eigenvalue weighted by molar-refractivity contribution is -0.136. The fourth-order valence-corrected chi connectivity index (χ4v) is 4.97. The van der Waals surface area contributed by atoms with Crippen LogP contribution >= 0.6 is 11.3 Å². The van der Waals surface area contributed by atoms with Gasteiger partial charge in [-0.2, -0.15) is 13.2 Å². The third-order valence-electron chi connectivity index (χ3n) is 5.99. The fraction of sp³-hybridized carbons (Fsp3) is 0.333. The van der Waals surface area contributed by atoms with Crippen LogP contribution in [-0.4, -0.2) is 16.3 Å². The lowest BCUT2D eigenvalue weighted by atomic mass is 9.94. The molecule has 10 heteroatoms. The molecule has 4 aromatic rings. The van der Waals surface area contributed by atoms with Crippen LogP contribution in [0.1, 0.15) is 48.4 Å². The van der Waals surface area contributed by atoms with Crippen molar-refractivity contribution in [3.63, 3.8) is 0 Å². The van der Waals surface area contributed by atoms with E-state index >= 15 is 0 Å². The number of benzene rings is 2. The Balaban J connectivity index is 1.72. The molecule has 0 saturated heterocycles. The molecule has 0 aliphatic heterocycles. The Kier molecular flexibility index (Phi) is 8.06. The van der Waals surface area contributed by atoms with Crippen LogP contribution < -0.4 is 15.2 Å². The number of nitrogens with zero attached hydrogens (tertiary/aromatic N) is 1. The van der Waals surface area contributed by atoms with Gasteiger partial charge in [-0.1, -0.05) is 55.0 Å². The number of hydrogen-bond donors (Lipinski definition) is 1. The lowest BCUT2D eigenvalue weighted by Gasteiger charge is -2.20. The second kappa shape index (κ2) is 11.2. The Hall–Kier alpha value is -3.53. The minimum atomic E-state index is -4.73. The van der Waals surface area contributed by atoms with Crippen molar-refractivity contribution in [2.24, 2.45) is 0 Å². The molecule has 37 heavy (non-hydrogen) atoms. The van der Waals surface area contributed by atoms with Crippen LogP contribution in [0, 0.1) is 0 Å². The van der Waals surface area contributed by atoms with Crippen molar-refractivity contribution < 1.29 is 27.4 Å². The number of alkyl halides is 3. The Morgan fingerprint density at radius 2 is 1.86 bits per heavy atom. The van der Waals surface area contributed by atoms with E-state index in [1.807, 2.05) is 37.3 Å². The van der Waals surface area contributed by atoms with Gasteiger partial charge in [0, 0.05) is 30.0 Å². The number of ether oxygens (including phenoxy) is 1. The zero-order valence-electron chi connectivity index (χ0n) is 20.1. The van der Waals surface area contributed by atoms with Gasteiger partial charge in [-0.15, -0.1) is 0 Å². The minimum absolute atomic E-state index is 0.0867. The maximum Gasteiger partial charge on any atom is 0.417 e. The average molecular weight is 534 g/mol. The SMILES string of the molecule is CCCc1c(OCCCCn2c(O)csc2=O)c(Cc2ccccc2)cc2c(C(F)(F)F)cc(=O)oc12. The molecule has 0 unspecified atom stereocenters. The number of unbranched alkanes of at least 4 members (excludes halogenated alkanes) is 1. The topological polar surface area (TPSA) is 81.7 Å². The summed E-state index contributed by atoms with van der Waals surface area (Å²) in [5.41, 5.74) is -0.317. The molecular weight excluding hydrogens is 507 g/mol. The number of halogens is 3. The van der Waals surface area contributed by atoms with E-state index < -0.39 is 17.4 Å². The van der Waals surface area contributed by atoms with Gasteiger partial charge in [0.25, 0.3) is 0 Å². The van der Waals surface area contributed by atoms with E-state index in [0.717, 1.165) is 16.9 Å². The minimum Gasteiger partial charge on any atom is -0.494 e. The first-order chi connectivity index (χ1) is 17.7. The van der Waals surface area contributed by atoms with Gasteiger partial charge in [0.15, 0.2) is 0 Å². The molecule has 4 rings (SSSR count). The average Bonchev–Trinajstić information content (AvgIpc) is 3.17. The van der Waals surface area contributed by atoms with Crippen LogP contribution in [0.25, 0.3) is 11.0 Å². The van der Waals surface area contributed by atoms with Gasteiger partial charge in [-0.3, -0.25) is 9.36 Å². The molecule has 0 bridgehead atoms. The Morgan fingerprint density at radius 1 is 1.11 bits per heavy atom. The molecule has 1 N–H and O–H groups in total. The predicted octanol–water partition coefficient (Wildman–Crippen LogP) is 6.14. The summed E-state index contributed by atoms with van der Waals surface area (Å²) in [7, 11) is 0. The van der Waals surface area contributed by atoms with Gasteiger partial charge < -0.3 is 14.3 Å². The van der Waals surface area contributed by atoms with Crippen LogP contribution in [-0.2, 0) is 25.6 Å². The highest BCUT2D eigenvalue weighted by atomic mass is 32.1. The molecule has 0 atom stereocenters. The van der Waals surface area contributed by atoms with E-state index in [2.05, 4.69) is 0 Å². The van der Waals surface area contributed by atoms with E-state index in [-0.39, 0.29) is 28.3 Å². The number of thiazole rings is 1. The molecule has 0 radical (unpaired) electrons. The Morgan fingerprint density at radius 3 is 2.51 bits per heavy atom. The molecular formula is C27H26F3NO5S. The summed E-state index contributed by atoms with van der Waals surface area (Å²) in [6, 6.07) is 11.2. The van der Waals surface area contributed by atoms with Gasteiger partial charge in [0.2, 0.25) is 5.88 Å². The van der Waals surface area contributed by atoms with E-state index in [0.29, 0.717) is 61.6 Å². The normalized spacial score (nSPS) is 11.8. The molecule has 2 heterocycles. The third-order valence-corrected chi connectivity index (χ3v) is 6.74. The highest BCUT2D eigenvalue weighted by molar-refractivity contribution is 7.07. The largest absolute Gasteiger partial charge is 0.494 e. The van der Waals surface area contributed by atoms with Gasteiger partial charge in [0.05, 0.1) is 17.6 Å². The van der Waals surface area contributed by atoms with E-state index in [1.165, 1.54) is 16.0 Å². The summed E-state index contributed by atoms with van der Waals surface area (Å²) in [6.45, 7) is 2.43. The second-order valence-corrected chi connectivity index (χ2v) is 9.50. The molecule has 2 aromatic heterocycles. The predicted molar refractivity (Wildman–Crippen MR) is 136 cm³/mol. The Labute approximate surface area is 214 Å². The van der Waals surface area contributed by atoms with Crippen molar-refractivity contribution in [2.75, 3.05) is 6.61 Å². The van der Waals surface area contributed by atoms with Crippen LogP contribution in [0.5, 0.6) is 11.6 Å². The number of rotatable bonds is 10. The first-order valence-electron chi connectivity index (χ1n) is 11.9. The molecule has 0 aliphatic rings. The number of aromatic nitrogens is 1. The summed E-state index contributed by atoms with van der Waals surface area (Å²) in [6.07, 6.45) is -2.37. The number of hydrogen-bond acceptors (Lipinski definition) is 6. The zero-order valence-corrected chi connectivity index (χ0v) is 21.0. The molecule has 6 nitrogen and oxygen atoms in total. The van der Waals surface area contributed by atoms with Crippen LogP contribution in [0.2, 0.25) is 0 Å². The molecule has 0 saturated carbocycles. The van der Waals surface area contributed by atoms with E-state index in [9.17, 15) is 27.9 Å². The highest BCUT2D eigenvalue weighted by Crippen LogP contribution is 2.40. The maximum atomic E-state index is 13.9. The summed E-state index contributed by atoms with van der Waals surface area (Å²) < 4.78 is 54.4. The van der Waals surface area contributed by atoms with Gasteiger partial charge in [-0.05, 0) is 36.5 Å². The summed E-state index contributed by atoms with van der Waals surface area (Å²) in [4.78, 5) is 23.6. The standard InChI is InChI=1S/C27H26F3NO5S/c1-2-8-19-24(35-12-7-6-11-31-22(32)16-37-26(31)34)18(13-17-9-4-3-5-10-17)14-20-21(27(28,29)30)15-23(33)36-25(19)20/h3-5,9-10,14-16,32H,2,6-8,11-13H2,1H3. The summed E-state index contributed by atoms with van der Waals surface area (Å²) in [5, 5.41) is 11.0. The van der Waals surface area contributed by atoms with Crippen molar-refractivity contribution in [1.29, 1.82) is 0 Å². The quantitative estimate of drug-likeness (QED) is 0.196. The van der Waals surface area contributed by atoms with E-state index in [4.69, 9.17) is 9.15 Å². The van der Waals surface area contributed by atoms with Crippen LogP contribution in [0.4, 0.5) is 13.2 Å². The number of aryl methyl sites for hydroxylation is 1. The Bertz CT molecular complexity index is 1490. The van der Waals surface area contributed by atoms with Gasteiger partial charge in [0.1, 0.15) is 11.3 Å². The molecule has 0 spiro atoms. The summed E-state index contributed by atoms with van der Waals surface area (Å²) >= 11 is 0.917. The third kappa shape index (κ3) is 6.07. The van der Waals surface area contributed by atoms with Crippen LogP contribution in [0.15, 0.2) is 61.9 Å². The van der Waals surface area contributed by atoms with Crippen molar-refractivity contribution >= 4 is 22.3 Å². The van der Waals surface area contributed by atoms with Crippen LogP contribution in [0.3, 0.4) is 0 Å². The molecule has 196 valence electrons. The molecule has 2 aromatic carbocycles. The highest BCUT2D eigenvalue weighted by Gasteiger charge is 2.35. The van der Waals surface area contributed by atoms with Gasteiger partial charge >= 0.3 is 16.7 Å². The summed E-state index contributed by atoms with van der Waals surface area (Å²) in [5.74, 6) is 0.326. The smallest absolute Gasteiger partial charge is 0.417 e. The van der Waals surface area contributed by atoms with Crippen molar-refractivity contribution in [1.82, 2.24) is 4.57 Å². The number of aromatic hydroxyl groups is 1. The second-order valence-electron chi connectivity index (χ2n) is 8.68. The first-order valence-corrected chi connectivity index (χ1v) is 12.8. The first kappa shape index (κ1) is 26.5. The van der Waals surface area contributed by atoms with Crippen molar-refractivity contribution in [3.8, 4) is 11.6 Å². The monoisotopic (exact) mass is 533 g/mol. The zero-order chi connectivity index (χ0) is 26.6. The van der Waals surface area contributed by atoms with Crippen molar-refractivity contribution in [3.05, 3.63) is 90.2 Å². The molecule has 0 amide bonds. The van der Waals surface area contributed by atoms with E-state index in [1.54, 1.807) is 0 Å². The maximum absolute atomic E-state index is 13.9. The molecule has 0 aliphatic carbocycles.